The summed E-state index contributed by atoms with van der Waals surface area (Å²) in [6.07, 6.45) is 5.16. The van der Waals surface area contributed by atoms with Crippen molar-refractivity contribution in [3.63, 3.8) is 0 Å². The zero-order valence-electron chi connectivity index (χ0n) is 20.1. The van der Waals surface area contributed by atoms with Crippen LogP contribution in [-0.2, 0) is 17.9 Å². The van der Waals surface area contributed by atoms with Crippen LogP contribution in [0.5, 0.6) is 5.75 Å². The predicted molar refractivity (Wildman–Crippen MR) is 139 cm³/mol. The highest BCUT2D eigenvalue weighted by Gasteiger charge is 2.11. The van der Waals surface area contributed by atoms with Gasteiger partial charge >= 0.3 is 5.97 Å². The number of imidazole rings is 1. The van der Waals surface area contributed by atoms with Crippen molar-refractivity contribution in [2.24, 2.45) is 0 Å². The quantitative estimate of drug-likeness (QED) is 0.315. The fourth-order valence-electron chi connectivity index (χ4n) is 3.87. The van der Waals surface area contributed by atoms with E-state index in [1.807, 2.05) is 59.2 Å². The molecule has 5 rings (SSSR count). The first kappa shape index (κ1) is 23.7. The number of esters is 1. The summed E-state index contributed by atoms with van der Waals surface area (Å²) in [4.78, 5) is 32.7. The van der Waals surface area contributed by atoms with Crippen LogP contribution in [0.2, 0.25) is 0 Å². The second-order valence-corrected chi connectivity index (χ2v) is 8.33. The Morgan fingerprint density at radius 3 is 2.43 bits per heavy atom. The zero-order chi connectivity index (χ0) is 25.6. The first-order valence-corrected chi connectivity index (χ1v) is 11.7. The van der Waals surface area contributed by atoms with Crippen molar-refractivity contribution in [3.8, 4) is 11.4 Å². The number of methoxy groups -OCH3 is 1. The summed E-state index contributed by atoms with van der Waals surface area (Å²) in [6, 6.07) is 24.0. The Labute approximate surface area is 213 Å². The maximum Gasteiger partial charge on any atom is 0.337 e. The number of amides is 1. The van der Waals surface area contributed by atoms with Gasteiger partial charge in [-0.15, -0.1) is 0 Å². The molecular weight excluding hydrogens is 468 g/mol. The van der Waals surface area contributed by atoms with Crippen LogP contribution in [0.1, 0.15) is 31.8 Å². The second kappa shape index (κ2) is 10.7. The van der Waals surface area contributed by atoms with E-state index in [4.69, 9.17) is 9.47 Å². The molecule has 3 aromatic carbocycles. The average Bonchev–Trinajstić information content (AvgIpc) is 3.39. The van der Waals surface area contributed by atoms with Crippen LogP contribution in [-0.4, -0.2) is 33.5 Å². The summed E-state index contributed by atoms with van der Waals surface area (Å²) in [5, 5.41) is 2.91. The maximum absolute atomic E-state index is 12.6. The molecule has 8 nitrogen and oxygen atoms in total. The number of benzene rings is 3. The van der Waals surface area contributed by atoms with E-state index in [1.165, 1.54) is 7.11 Å². The Morgan fingerprint density at radius 1 is 0.919 bits per heavy atom. The molecule has 184 valence electrons. The monoisotopic (exact) mass is 492 g/mol. The largest absolute Gasteiger partial charge is 0.489 e. The number of ether oxygens (including phenoxy) is 2. The normalized spacial score (nSPS) is 10.7. The number of carbonyl (C=O) groups is 2. The number of pyridine rings is 1. The van der Waals surface area contributed by atoms with Gasteiger partial charge in [0.25, 0.3) is 5.91 Å². The standard InChI is InChI=1S/C29H24N4O4/c1-36-29(35)22-6-4-20(5-7-22)18-37-25-11-9-24(10-12-25)33-19-32-26-15-23(8-13-27(26)33)28(34)31-17-21-3-2-14-30-16-21/h2-16,19H,17-18H2,1H3,(H,31,34). The van der Waals surface area contributed by atoms with Crippen LogP contribution in [0, 0.1) is 0 Å². The first-order chi connectivity index (χ1) is 18.1. The molecule has 0 aliphatic heterocycles. The molecule has 0 saturated carbocycles. The Bertz CT molecular complexity index is 1530. The molecule has 2 aromatic heterocycles. The van der Waals surface area contributed by atoms with E-state index in [1.54, 1.807) is 43.0 Å². The fourth-order valence-corrected chi connectivity index (χ4v) is 3.87. The van der Waals surface area contributed by atoms with Crippen LogP contribution in [0.15, 0.2) is 97.6 Å². The summed E-state index contributed by atoms with van der Waals surface area (Å²) in [5.74, 6) is 0.190. The summed E-state index contributed by atoms with van der Waals surface area (Å²) in [7, 11) is 1.36. The lowest BCUT2D eigenvalue weighted by Gasteiger charge is -2.09. The van der Waals surface area contributed by atoms with Gasteiger partial charge in [-0.05, 0) is 71.8 Å². The molecule has 0 fully saturated rings. The van der Waals surface area contributed by atoms with E-state index in [0.717, 1.165) is 33.6 Å². The average molecular weight is 493 g/mol. The third-order valence-electron chi connectivity index (χ3n) is 5.88. The lowest BCUT2D eigenvalue weighted by Crippen LogP contribution is -2.22. The van der Waals surface area contributed by atoms with Crippen molar-refractivity contribution >= 4 is 22.9 Å². The lowest BCUT2D eigenvalue weighted by atomic mass is 10.1. The van der Waals surface area contributed by atoms with Gasteiger partial charge in [0.15, 0.2) is 0 Å². The minimum atomic E-state index is -0.365. The van der Waals surface area contributed by atoms with E-state index >= 15 is 0 Å². The molecule has 37 heavy (non-hydrogen) atoms. The van der Waals surface area contributed by atoms with Crippen LogP contribution in [0.4, 0.5) is 0 Å². The highest BCUT2D eigenvalue weighted by molar-refractivity contribution is 5.97. The SMILES string of the molecule is COC(=O)c1ccc(COc2ccc(-n3cnc4cc(C(=O)NCc5cccnc5)ccc43)cc2)cc1. The van der Waals surface area contributed by atoms with Crippen LogP contribution >= 0.6 is 0 Å². The number of nitrogens with zero attached hydrogens (tertiary/aromatic N) is 3. The third-order valence-corrected chi connectivity index (χ3v) is 5.88. The van der Waals surface area contributed by atoms with E-state index in [2.05, 4.69) is 15.3 Å². The number of fused-ring (bicyclic) bond motifs is 1. The third kappa shape index (κ3) is 5.48. The highest BCUT2D eigenvalue weighted by atomic mass is 16.5. The molecule has 2 heterocycles. The highest BCUT2D eigenvalue weighted by Crippen LogP contribution is 2.22. The van der Waals surface area contributed by atoms with Crippen molar-refractivity contribution in [1.29, 1.82) is 0 Å². The van der Waals surface area contributed by atoms with Gasteiger partial charge in [0.05, 0.1) is 23.7 Å². The van der Waals surface area contributed by atoms with Gasteiger partial charge in [-0.2, -0.15) is 0 Å². The molecule has 1 N–H and O–H groups in total. The topological polar surface area (TPSA) is 95.3 Å². The molecule has 8 heteroatoms. The van der Waals surface area contributed by atoms with Gasteiger partial charge in [-0.25, -0.2) is 9.78 Å². The summed E-state index contributed by atoms with van der Waals surface area (Å²) >= 11 is 0. The molecule has 0 unspecified atom stereocenters. The van der Waals surface area contributed by atoms with Gasteiger partial charge < -0.3 is 14.8 Å². The van der Waals surface area contributed by atoms with Gasteiger partial charge in [0.1, 0.15) is 18.7 Å². The molecule has 0 radical (unpaired) electrons. The minimum absolute atomic E-state index is 0.165. The van der Waals surface area contributed by atoms with Crippen molar-refractivity contribution in [3.05, 3.63) is 120 Å². The number of rotatable bonds is 8. The van der Waals surface area contributed by atoms with Crippen LogP contribution < -0.4 is 10.1 Å². The smallest absolute Gasteiger partial charge is 0.337 e. The van der Waals surface area contributed by atoms with Gasteiger partial charge in [0.2, 0.25) is 0 Å². The number of nitrogens with one attached hydrogen (secondary N) is 1. The number of aromatic nitrogens is 3. The summed E-state index contributed by atoms with van der Waals surface area (Å²) in [5.41, 5.74) is 5.47. The summed E-state index contributed by atoms with van der Waals surface area (Å²) < 4.78 is 12.6. The van der Waals surface area contributed by atoms with Gasteiger partial charge in [0, 0.05) is 30.2 Å². The molecule has 0 aliphatic rings. The molecule has 5 aromatic rings. The van der Waals surface area contributed by atoms with Crippen molar-refractivity contribution in [1.82, 2.24) is 19.9 Å². The van der Waals surface area contributed by atoms with E-state index in [-0.39, 0.29) is 11.9 Å². The van der Waals surface area contributed by atoms with E-state index in [0.29, 0.717) is 24.3 Å². The lowest BCUT2D eigenvalue weighted by molar-refractivity contribution is 0.0600. The minimum Gasteiger partial charge on any atom is -0.489 e. The predicted octanol–water partition coefficient (Wildman–Crippen LogP) is 4.72. The second-order valence-electron chi connectivity index (χ2n) is 8.33. The zero-order valence-corrected chi connectivity index (χ0v) is 20.1. The molecule has 0 spiro atoms. The van der Waals surface area contributed by atoms with Crippen molar-refractivity contribution in [2.75, 3.05) is 7.11 Å². The Balaban J connectivity index is 1.23. The molecule has 0 atom stereocenters. The Morgan fingerprint density at radius 2 is 1.70 bits per heavy atom. The number of hydrogen-bond acceptors (Lipinski definition) is 6. The molecule has 0 bridgehead atoms. The first-order valence-electron chi connectivity index (χ1n) is 11.7. The molecular formula is C29H24N4O4. The summed E-state index contributed by atoms with van der Waals surface area (Å²) in [6.45, 7) is 0.785. The van der Waals surface area contributed by atoms with E-state index < -0.39 is 0 Å². The van der Waals surface area contributed by atoms with Gasteiger partial charge in [-0.3, -0.25) is 14.3 Å². The van der Waals surface area contributed by atoms with Crippen LogP contribution in [0.25, 0.3) is 16.7 Å². The molecule has 0 aliphatic carbocycles. The molecule has 1 amide bonds. The Hall–Kier alpha value is -4.98. The van der Waals surface area contributed by atoms with Gasteiger partial charge in [-0.1, -0.05) is 18.2 Å². The van der Waals surface area contributed by atoms with E-state index in [9.17, 15) is 9.59 Å². The number of hydrogen-bond donors (Lipinski definition) is 1. The Kier molecular flexibility index (Phi) is 6.89. The number of carbonyl (C=O) groups excluding carboxylic acids is 2. The van der Waals surface area contributed by atoms with Crippen molar-refractivity contribution in [2.45, 2.75) is 13.2 Å². The maximum atomic E-state index is 12.6. The fraction of sp³-hybridized carbons (Fsp3) is 0.103. The van der Waals surface area contributed by atoms with Crippen LogP contribution in [0.3, 0.4) is 0 Å². The molecule has 0 saturated heterocycles. The van der Waals surface area contributed by atoms with Crippen molar-refractivity contribution < 1.29 is 19.1 Å².